The summed E-state index contributed by atoms with van der Waals surface area (Å²) in [6.07, 6.45) is 4.27. The second-order valence-corrected chi connectivity index (χ2v) is 4.39. The van der Waals surface area contributed by atoms with Crippen molar-refractivity contribution in [2.45, 2.75) is 6.42 Å². The molecule has 0 atom stereocenters. The lowest BCUT2D eigenvalue weighted by Gasteiger charge is -1.99. The van der Waals surface area contributed by atoms with Crippen molar-refractivity contribution in [3.63, 3.8) is 0 Å². The van der Waals surface area contributed by atoms with Crippen molar-refractivity contribution in [3.05, 3.63) is 54.4 Å². The van der Waals surface area contributed by atoms with Gasteiger partial charge in [0.1, 0.15) is 0 Å². The molecule has 2 aromatic heterocycles. The number of hydrogen-bond donors (Lipinski definition) is 1. The van der Waals surface area contributed by atoms with Gasteiger partial charge in [-0.2, -0.15) is 4.98 Å². The lowest BCUT2D eigenvalue weighted by atomic mass is 10.1. The van der Waals surface area contributed by atoms with E-state index < -0.39 is 0 Å². The first kappa shape index (κ1) is 12.5. The highest BCUT2D eigenvalue weighted by molar-refractivity contribution is 5.59. The topological polar surface area (TPSA) is 77.8 Å². The van der Waals surface area contributed by atoms with Crippen LogP contribution in [0.2, 0.25) is 0 Å². The standard InChI is InChI=1S/C15H14N4O/c16-8-5-11-1-3-13(4-2-11)15-18-14(19-20-15)12-6-9-17-10-7-12/h1-4,6-7,9-10H,5,8,16H2. The van der Waals surface area contributed by atoms with Gasteiger partial charge in [-0.25, -0.2) is 0 Å². The fourth-order valence-corrected chi connectivity index (χ4v) is 1.94. The highest BCUT2D eigenvalue weighted by Gasteiger charge is 2.10. The maximum Gasteiger partial charge on any atom is 0.258 e. The third-order valence-electron chi connectivity index (χ3n) is 3.00. The summed E-state index contributed by atoms with van der Waals surface area (Å²) in [7, 11) is 0. The number of benzene rings is 1. The average Bonchev–Trinajstić information content (AvgIpc) is 2.99. The molecule has 0 spiro atoms. The van der Waals surface area contributed by atoms with Crippen LogP contribution in [0, 0.1) is 0 Å². The molecule has 100 valence electrons. The molecule has 0 fully saturated rings. The third kappa shape index (κ3) is 2.57. The van der Waals surface area contributed by atoms with Gasteiger partial charge in [-0.1, -0.05) is 17.3 Å². The molecule has 3 rings (SSSR count). The highest BCUT2D eigenvalue weighted by Crippen LogP contribution is 2.22. The van der Waals surface area contributed by atoms with Crippen molar-refractivity contribution >= 4 is 0 Å². The van der Waals surface area contributed by atoms with E-state index in [0.29, 0.717) is 18.3 Å². The Balaban J connectivity index is 1.86. The van der Waals surface area contributed by atoms with Crippen molar-refractivity contribution in [3.8, 4) is 22.8 Å². The van der Waals surface area contributed by atoms with E-state index >= 15 is 0 Å². The van der Waals surface area contributed by atoms with Crippen LogP contribution in [0.1, 0.15) is 5.56 Å². The summed E-state index contributed by atoms with van der Waals surface area (Å²) in [5.74, 6) is 1.07. The molecule has 5 heteroatoms. The molecule has 5 nitrogen and oxygen atoms in total. The molecular formula is C15H14N4O. The van der Waals surface area contributed by atoms with Gasteiger partial charge in [0.05, 0.1) is 0 Å². The fraction of sp³-hybridized carbons (Fsp3) is 0.133. The molecule has 0 unspecified atom stereocenters. The van der Waals surface area contributed by atoms with E-state index in [4.69, 9.17) is 10.3 Å². The smallest absolute Gasteiger partial charge is 0.258 e. The van der Waals surface area contributed by atoms with Crippen molar-refractivity contribution in [2.24, 2.45) is 5.73 Å². The van der Waals surface area contributed by atoms with Crippen molar-refractivity contribution in [1.82, 2.24) is 15.1 Å². The number of pyridine rings is 1. The molecule has 0 saturated carbocycles. The molecule has 0 aliphatic carbocycles. The Morgan fingerprint density at radius 3 is 2.40 bits per heavy atom. The minimum Gasteiger partial charge on any atom is -0.334 e. The van der Waals surface area contributed by atoms with Gasteiger partial charge in [0.15, 0.2) is 0 Å². The van der Waals surface area contributed by atoms with Gasteiger partial charge < -0.3 is 10.3 Å². The van der Waals surface area contributed by atoms with Crippen LogP contribution < -0.4 is 5.73 Å². The Bertz CT molecular complexity index is 677. The minimum absolute atomic E-state index is 0.510. The second kappa shape index (κ2) is 5.63. The van der Waals surface area contributed by atoms with Gasteiger partial charge in [-0.3, -0.25) is 4.98 Å². The maximum atomic E-state index is 5.53. The summed E-state index contributed by atoms with van der Waals surface area (Å²) in [4.78, 5) is 8.36. The second-order valence-electron chi connectivity index (χ2n) is 4.39. The van der Waals surface area contributed by atoms with E-state index in [1.54, 1.807) is 12.4 Å². The molecule has 0 amide bonds. The first-order valence-corrected chi connectivity index (χ1v) is 6.40. The summed E-state index contributed by atoms with van der Waals surface area (Å²) >= 11 is 0. The van der Waals surface area contributed by atoms with Gasteiger partial charge in [0, 0.05) is 23.5 Å². The van der Waals surface area contributed by atoms with E-state index in [-0.39, 0.29) is 0 Å². The molecular weight excluding hydrogens is 252 g/mol. The zero-order valence-electron chi connectivity index (χ0n) is 10.9. The first-order chi connectivity index (χ1) is 9.86. The fourth-order valence-electron chi connectivity index (χ4n) is 1.94. The molecule has 3 aromatic rings. The number of hydrogen-bond acceptors (Lipinski definition) is 5. The van der Waals surface area contributed by atoms with Crippen LogP contribution in [0.25, 0.3) is 22.8 Å². The summed E-state index contributed by atoms with van der Waals surface area (Å²) in [5.41, 5.74) is 8.52. The van der Waals surface area contributed by atoms with Gasteiger partial charge in [0.25, 0.3) is 5.89 Å². The predicted molar refractivity (Wildman–Crippen MR) is 75.7 cm³/mol. The Morgan fingerprint density at radius 1 is 0.950 bits per heavy atom. The van der Waals surface area contributed by atoms with Crippen molar-refractivity contribution in [1.29, 1.82) is 0 Å². The summed E-state index contributed by atoms with van der Waals surface area (Å²) in [6, 6.07) is 11.7. The SMILES string of the molecule is NCCc1ccc(-c2nc(-c3ccncc3)no2)cc1. The lowest BCUT2D eigenvalue weighted by molar-refractivity contribution is 0.432. The van der Waals surface area contributed by atoms with Gasteiger partial charge in [0.2, 0.25) is 5.82 Å². The van der Waals surface area contributed by atoms with Gasteiger partial charge >= 0.3 is 0 Å². The molecule has 0 bridgehead atoms. The minimum atomic E-state index is 0.510. The Morgan fingerprint density at radius 2 is 1.70 bits per heavy atom. The maximum absolute atomic E-state index is 5.53. The monoisotopic (exact) mass is 266 g/mol. The van der Waals surface area contributed by atoms with Gasteiger partial charge in [-0.15, -0.1) is 0 Å². The predicted octanol–water partition coefficient (Wildman–Crippen LogP) is 2.30. The van der Waals surface area contributed by atoms with E-state index in [2.05, 4.69) is 15.1 Å². The van der Waals surface area contributed by atoms with Crippen LogP contribution in [0.4, 0.5) is 0 Å². The largest absolute Gasteiger partial charge is 0.334 e. The number of nitrogens with two attached hydrogens (primary N) is 1. The quantitative estimate of drug-likeness (QED) is 0.784. The van der Waals surface area contributed by atoms with Gasteiger partial charge in [-0.05, 0) is 42.8 Å². The molecule has 0 aliphatic heterocycles. The normalized spacial score (nSPS) is 10.7. The molecule has 2 heterocycles. The summed E-state index contributed by atoms with van der Waals surface area (Å²) in [6.45, 7) is 0.645. The Labute approximate surface area is 116 Å². The zero-order chi connectivity index (χ0) is 13.8. The molecule has 1 aromatic carbocycles. The van der Waals surface area contributed by atoms with E-state index in [9.17, 15) is 0 Å². The first-order valence-electron chi connectivity index (χ1n) is 6.40. The van der Waals surface area contributed by atoms with Crippen LogP contribution in [0.15, 0.2) is 53.3 Å². The molecule has 20 heavy (non-hydrogen) atoms. The van der Waals surface area contributed by atoms with Crippen LogP contribution >= 0.6 is 0 Å². The number of nitrogens with zero attached hydrogens (tertiary/aromatic N) is 3. The van der Waals surface area contributed by atoms with Crippen molar-refractivity contribution < 1.29 is 4.52 Å². The Hall–Kier alpha value is -2.53. The zero-order valence-corrected chi connectivity index (χ0v) is 10.9. The van der Waals surface area contributed by atoms with Crippen LogP contribution in [0.5, 0.6) is 0 Å². The molecule has 0 aliphatic rings. The van der Waals surface area contributed by atoms with Crippen LogP contribution in [-0.4, -0.2) is 21.7 Å². The van der Waals surface area contributed by atoms with E-state index in [1.165, 1.54) is 5.56 Å². The molecule has 2 N–H and O–H groups in total. The number of aromatic nitrogens is 3. The number of rotatable bonds is 4. The Kier molecular flexibility index (Phi) is 3.52. The lowest BCUT2D eigenvalue weighted by Crippen LogP contribution is -2.02. The summed E-state index contributed by atoms with van der Waals surface area (Å²) < 4.78 is 5.30. The van der Waals surface area contributed by atoms with Crippen molar-refractivity contribution in [2.75, 3.05) is 6.54 Å². The van der Waals surface area contributed by atoms with E-state index in [1.807, 2.05) is 36.4 Å². The van der Waals surface area contributed by atoms with Crippen LogP contribution in [0.3, 0.4) is 0 Å². The molecule has 0 radical (unpaired) electrons. The van der Waals surface area contributed by atoms with Crippen LogP contribution in [-0.2, 0) is 6.42 Å². The summed E-state index contributed by atoms with van der Waals surface area (Å²) in [5, 5.41) is 3.99. The highest BCUT2D eigenvalue weighted by atomic mass is 16.5. The molecule has 0 saturated heterocycles. The third-order valence-corrected chi connectivity index (χ3v) is 3.00. The van der Waals surface area contributed by atoms with E-state index in [0.717, 1.165) is 17.5 Å². The average molecular weight is 266 g/mol.